The number of rotatable bonds is 9. The van der Waals surface area contributed by atoms with Crippen molar-refractivity contribution in [2.24, 2.45) is 5.10 Å². The van der Waals surface area contributed by atoms with Gasteiger partial charge in [-0.3, -0.25) is 4.79 Å². The van der Waals surface area contributed by atoms with E-state index in [2.05, 4.69) is 37.4 Å². The molecule has 1 atom stereocenters. The van der Waals surface area contributed by atoms with Crippen molar-refractivity contribution in [3.63, 3.8) is 0 Å². The fourth-order valence-corrected chi connectivity index (χ4v) is 4.52. The molecule has 0 unspecified atom stereocenters. The molecule has 34 heavy (non-hydrogen) atoms. The van der Waals surface area contributed by atoms with Gasteiger partial charge in [0.1, 0.15) is 10.9 Å². The average molecular weight is 464 g/mol. The Bertz CT molecular complexity index is 1080. The molecular weight excluding hydrogens is 434 g/mol. The Morgan fingerprint density at radius 3 is 2.97 bits per heavy atom. The zero-order valence-corrected chi connectivity index (χ0v) is 19.3. The second kappa shape index (κ2) is 10.8. The lowest BCUT2D eigenvalue weighted by atomic mass is 10.0. The van der Waals surface area contributed by atoms with Crippen molar-refractivity contribution in [1.29, 1.82) is 0 Å². The smallest absolute Gasteiger partial charge is 0.305 e. The van der Waals surface area contributed by atoms with Gasteiger partial charge in [-0.2, -0.15) is 6.57 Å². The third kappa shape index (κ3) is 5.36. The zero-order valence-electron chi connectivity index (χ0n) is 19.3. The molecule has 2 aromatic heterocycles. The van der Waals surface area contributed by atoms with Crippen LogP contribution in [0.3, 0.4) is 0 Å². The van der Waals surface area contributed by atoms with Crippen molar-refractivity contribution >= 4 is 17.7 Å². The van der Waals surface area contributed by atoms with Crippen LogP contribution in [0.4, 0.5) is 5.82 Å². The molecule has 10 heteroatoms. The highest BCUT2D eigenvalue weighted by molar-refractivity contribution is 5.83. The first kappa shape index (κ1) is 23.3. The summed E-state index contributed by atoms with van der Waals surface area (Å²) in [5.41, 5.74) is 3.06. The van der Waals surface area contributed by atoms with Crippen LogP contribution in [0.15, 0.2) is 35.6 Å². The molecule has 0 saturated carbocycles. The van der Waals surface area contributed by atoms with Gasteiger partial charge in [0.15, 0.2) is 0 Å². The molecule has 0 aliphatic carbocycles. The molecule has 2 aromatic rings. The SMILES string of the molecule is [C-]#[N+]N=C1N(CCCc2ccc3c(n2)NCCC3)CCN1[C@@H](CC(=O)O)c1ccc(OC)nc1. The molecule has 0 radical (unpaired) electrons. The van der Waals surface area contributed by atoms with Gasteiger partial charge in [0.2, 0.25) is 5.88 Å². The molecule has 0 aromatic carbocycles. The van der Waals surface area contributed by atoms with Crippen LogP contribution in [0.1, 0.15) is 42.1 Å². The molecule has 0 amide bonds. The summed E-state index contributed by atoms with van der Waals surface area (Å²) in [6.07, 6.45) is 5.38. The van der Waals surface area contributed by atoms with Gasteiger partial charge in [-0.15, -0.1) is 4.95 Å². The summed E-state index contributed by atoms with van der Waals surface area (Å²) in [5, 5.41) is 17.0. The summed E-state index contributed by atoms with van der Waals surface area (Å²) in [7, 11) is 1.53. The van der Waals surface area contributed by atoms with Crippen LogP contribution in [0, 0.1) is 6.57 Å². The number of hydrogen-bond donors (Lipinski definition) is 2. The van der Waals surface area contributed by atoms with Crippen LogP contribution in [-0.4, -0.2) is 70.1 Å². The molecule has 0 bridgehead atoms. The van der Waals surface area contributed by atoms with E-state index in [1.54, 1.807) is 12.3 Å². The number of aryl methyl sites for hydroxylation is 2. The van der Waals surface area contributed by atoms with Crippen LogP contribution in [0.25, 0.3) is 4.95 Å². The van der Waals surface area contributed by atoms with Crippen LogP contribution in [0.5, 0.6) is 5.88 Å². The van der Waals surface area contributed by atoms with Crippen molar-refractivity contribution in [1.82, 2.24) is 19.8 Å². The second-order valence-electron chi connectivity index (χ2n) is 8.37. The Kier molecular flexibility index (Phi) is 7.42. The highest BCUT2D eigenvalue weighted by Gasteiger charge is 2.36. The maximum atomic E-state index is 11.6. The van der Waals surface area contributed by atoms with Crippen LogP contribution < -0.4 is 10.1 Å². The Hall–Kier alpha value is -3.87. The first-order valence-electron chi connectivity index (χ1n) is 11.5. The number of aromatic nitrogens is 2. The van der Waals surface area contributed by atoms with Crippen molar-refractivity contribution in [3.8, 4) is 5.88 Å². The normalized spacial score (nSPS) is 17.1. The van der Waals surface area contributed by atoms with E-state index in [0.29, 0.717) is 31.5 Å². The van der Waals surface area contributed by atoms with E-state index in [1.807, 2.05) is 11.0 Å². The lowest BCUT2D eigenvalue weighted by Crippen LogP contribution is -2.37. The number of nitrogens with one attached hydrogen (secondary N) is 1. The summed E-state index contributed by atoms with van der Waals surface area (Å²) in [6, 6.07) is 7.30. The topological polar surface area (TPSA) is 108 Å². The molecular formula is C24H29N7O3. The number of methoxy groups -OCH3 is 1. The number of carbonyl (C=O) groups is 1. The maximum Gasteiger partial charge on any atom is 0.305 e. The number of nitrogens with zero attached hydrogens (tertiary/aromatic N) is 6. The maximum absolute atomic E-state index is 11.6. The second-order valence-corrected chi connectivity index (χ2v) is 8.37. The summed E-state index contributed by atoms with van der Waals surface area (Å²) < 4.78 is 5.12. The van der Waals surface area contributed by atoms with Crippen molar-refractivity contribution in [2.45, 2.75) is 38.1 Å². The first-order chi connectivity index (χ1) is 16.6. The van der Waals surface area contributed by atoms with E-state index < -0.39 is 12.0 Å². The number of anilines is 1. The van der Waals surface area contributed by atoms with Crippen molar-refractivity contribution < 1.29 is 14.6 Å². The van der Waals surface area contributed by atoms with Gasteiger partial charge in [0.05, 0.1) is 19.6 Å². The average Bonchev–Trinajstić information content (AvgIpc) is 3.25. The van der Waals surface area contributed by atoms with Gasteiger partial charge < -0.3 is 25.0 Å². The number of carboxylic acid groups (broad SMARTS) is 1. The molecule has 4 rings (SSSR count). The molecule has 2 aliphatic rings. The zero-order chi connectivity index (χ0) is 23.9. The lowest BCUT2D eigenvalue weighted by molar-refractivity contribution is -0.138. The predicted molar refractivity (Wildman–Crippen MR) is 127 cm³/mol. The number of hydrogen-bond acceptors (Lipinski definition) is 6. The summed E-state index contributed by atoms with van der Waals surface area (Å²) >= 11 is 0. The molecule has 1 saturated heterocycles. The van der Waals surface area contributed by atoms with Gasteiger partial charge in [0, 0.05) is 44.1 Å². The fraction of sp³-hybridized carbons (Fsp3) is 0.458. The van der Waals surface area contributed by atoms with Gasteiger partial charge in [-0.25, -0.2) is 9.97 Å². The lowest BCUT2D eigenvalue weighted by Gasteiger charge is -2.28. The molecule has 0 spiro atoms. The van der Waals surface area contributed by atoms with E-state index in [0.717, 1.165) is 49.3 Å². The minimum absolute atomic E-state index is 0.120. The third-order valence-corrected chi connectivity index (χ3v) is 6.20. The van der Waals surface area contributed by atoms with Gasteiger partial charge in [-0.1, -0.05) is 12.1 Å². The Morgan fingerprint density at radius 2 is 2.24 bits per heavy atom. The largest absolute Gasteiger partial charge is 0.481 e. The van der Waals surface area contributed by atoms with Crippen LogP contribution in [-0.2, 0) is 17.6 Å². The molecule has 10 nitrogen and oxygen atoms in total. The van der Waals surface area contributed by atoms with E-state index in [1.165, 1.54) is 12.7 Å². The standard InChI is InChI=1S/C24H29N7O3/c1-25-29-24-30(12-4-6-19-9-7-17-5-3-11-26-23(17)28-19)13-14-31(24)20(15-22(32)33)18-8-10-21(34-2)27-16-18/h7-10,16,20H,3-6,11-15H2,2H3,(H,26,28)(H,32,33)/t20-/m0/s1. The minimum Gasteiger partial charge on any atom is -0.481 e. The summed E-state index contributed by atoms with van der Waals surface area (Å²) in [6.45, 7) is 10.2. The van der Waals surface area contributed by atoms with Crippen molar-refractivity contribution in [2.75, 3.05) is 38.6 Å². The first-order valence-corrected chi connectivity index (χ1v) is 11.5. The number of carboxylic acids is 1. The monoisotopic (exact) mass is 463 g/mol. The third-order valence-electron chi connectivity index (χ3n) is 6.20. The van der Waals surface area contributed by atoms with Gasteiger partial charge >= 0.3 is 5.97 Å². The fourth-order valence-electron chi connectivity index (χ4n) is 4.52. The number of fused-ring (bicyclic) bond motifs is 1. The van der Waals surface area contributed by atoms with E-state index in [-0.39, 0.29) is 6.42 Å². The molecule has 2 aliphatic heterocycles. The number of guanidine groups is 1. The highest BCUT2D eigenvalue weighted by atomic mass is 16.5. The summed E-state index contributed by atoms with van der Waals surface area (Å²) in [4.78, 5) is 27.9. The van der Waals surface area contributed by atoms with Gasteiger partial charge in [0.25, 0.3) is 5.96 Å². The Labute approximate surface area is 199 Å². The van der Waals surface area contributed by atoms with Gasteiger partial charge in [-0.05, 0) is 42.9 Å². The van der Waals surface area contributed by atoms with Crippen molar-refractivity contribution in [3.05, 3.63) is 58.8 Å². The number of pyridine rings is 2. The molecule has 1 fully saturated rings. The van der Waals surface area contributed by atoms with E-state index in [9.17, 15) is 9.90 Å². The van der Waals surface area contributed by atoms with Crippen LogP contribution in [0.2, 0.25) is 0 Å². The number of ether oxygens (including phenoxy) is 1. The Balaban J connectivity index is 1.44. The van der Waals surface area contributed by atoms with Crippen LogP contribution >= 0.6 is 0 Å². The molecule has 2 N–H and O–H groups in total. The quantitative estimate of drug-likeness (QED) is 0.432. The number of aliphatic carboxylic acids is 1. The Morgan fingerprint density at radius 1 is 1.35 bits per heavy atom. The highest BCUT2D eigenvalue weighted by Crippen LogP contribution is 2.29. The predicted octanol–water partition coefficient (Wildman–Crippen LogP) is 2.80. The summed E-state index contributed by atoms with van der Waals surface area (Å²) in [5.74, 6) is 1.04. The van der Waals surface area contributed by atoms with E-state index in [4.69, 9.17) is 16.3 Å². The van der Waals surface area contributed by atoms with E-state index >= 15 is 0 Å². The molecule has 4 heterocycles. The molecule has 178 valence electrons. The minimum atomic E-state index is -0.923.